The highest BCUT2D eigenvalue weighted by Gasteiger charge is 2.49. The predicted molar refractivity (Wildman–Crippen MR) is 102 cm³/mol. The Morgan fingerprint density at radius 1 is 0.958 bits per heavy atom. The van der Waals surface area contributed by atoms with Crippen LogP contribution in [-0.4, -0.2) is 21.2 Å². The van der Waals surface area contributed by atoms with Gasteiger partial charge in [0.05, 0.1) is 0 Å². The maximum atomic E-state index is 10.4. The van der Waals surface area contributed by atoms with E-state index in [9.17, 15) is 4.79 Å². The van der Waals surface area contributed by atoms with Crippen LogP contribution in [0.2, 0.25) is 5.04 Å². The number of aldehydes is 1. The Morgan fingerprint density at radius 3 is 1.88 bits per heavy atom. The van der Waals surface area contributed by atoms with Crippen LogP contribution >= 0.6 is 0 Å². The molecule has 2 rings (SSSR count). The van der Waals surface area contributed by atoms with Gasteiger partial charge in [0, 0.05) is 13.0 Å². The third-order valence-corrected chi connectivity index (χ3v) is 9.17. The van der Waals surface area contributed by atoms with Crippen LogP contribution in [0, 0.1) is 11.8 Å². The molecule has 0 aromatic heterocycles. The van der Waals surface area contributed by atoms with Gasteiger partial charge in [-0.1, -0.05) is 87.4 Å². The van der Waals surface area contributed by atoms with E-state index in [0.717, 1.165) is 0 Å². The SMILES string of the molecule is CC(C)(C)[Si](OCCC#CC=O)(c1ccccc1)c1ccccc1. The summed E-state index contributed by atoms with van der Waals surface area (Å²) in [4.78, 5) is 10.4. The highest BCUT2D eigenvalue weighted by atomic mass is 28.4. The van der Waals surface area contributed by atoms with Crippen LogP contribution < -0.4 is 10.4 Å². The molecule has 0 radical (unpaired) electrons. The molecule has 0 aliphatic rings. The molecule has 0 aliphatic heterocycles. The zero-order valence-electron chi connectivity index (χ0n) is 14.6. The van der Waals surface area contributed by atoms with E-state index >= 15 is 0 Å². The van der Waals surface area contributed by atoms with Gasteiger partial charge in [-0.15, -0.1) is 0 Å². The van der Waals surface area contributed by atoms with E-state index in [2.05, 4.69) is 81.1 Å². The second-order valence-electron chi connectivity index (χ2n) is 6.70. The number of carbonyl (C=O) groups is 1. The first-order valence-corrected chi connectivity index (χ1v) is 10.1. The van der Waals surface area contributed by atoms with E-state index < -0.39 is 8.32 Å². The summed E-state index contributed by atoms with van der Waals surface area (Å²) in [6.07, 6.45) is 1.19. The Morgan fingerprint density at radius 2 is 1.46 bits per heavy atom. The van der Waals surface area contributed by atoms with Crippen molar-refractivity contribution >= 4 is 25.0 Å². The minimum absolute atomic E-state index is 0.0339. The van der Waals surface area contributed by atoms with Gasteiger partial charge in [-0.3, -0.25) is 4.79 Å². The lowest BCUT2D eigenvalue weighted by atomic mass is 10.2. The topological polar surface area (TPSA) is 26.3 Å². The quantitative estimate of drug-likeness (QED) is 0.363. The van der Waals surface area contributed by atoms with Crippen molar-refractivity contribution in [1.82, 2.24) is 0 Å². The van der Waals surface area contributed by atoms with Gasteiger partial charge in [0.25, 0.3) is 8.32 Å². The Balaban J connectivity index is 2.51. The molecule has 0 unspecified atom stereocenters. The number of benzene rings is 2. The molecule has 0 saturated carbocycles. The molecule has 0 bridgehead atoms. The monoisotopic (exact) mass is 336 g/mol. The van der Waals surface area contributed by atoms with Crippen LogP contribution in [0.25, 0.3) is 0 Å². The molecule has 24 heavy (non-hydrogen) atoms. The molecule has 0 heterocycles. The fraction of sp³-hybridized carbons (Fsp3) is 0.286. The number of rotatable bonds is 5. The summed E-state index contributed by atoms with van der Waals surface area (Å²) in [5.41, 5.74) is 0. The van der Waals surface area contributed by atoms with E-state index in [1.54, 1.807) is 0 Å². The van der Waals surface area contributed by atoms with Gasteiger partial charge < -0.3 is 4.43 Å². The van der Waals surface area contributed by atoms with Crippen molar-refractivity contribution in [2.24, 2.45) is 0 Å². The van der Waals surface area contributed by atoms with Crippen molar-refractivity contribution in [2.45, 2.75) is 32.2 Å². The summed E-state index contributed by atoms with van der Waals surface area (Å²) in [7, 11) is -2.47. The van der Waals surface area contributed by atoms with Crippen LogP contribution in [0.3, 0.4) is 0 Å². The van der Waals surface area contributed by atoms with E-state index in [4.69, 9.17) is 4.43 Å². The molecule has 0 spiro atoms. The van der Waals surface area contributed by atoms with Gasteiger partial charge in [0.2, 0.25) is 0 Å². The molecule has 3 heteroatoms. The Hall–Kier alpha value is -2.15. The lowest BCUT2D eigenvalue weighted by Crippen LogP contribution is -2.66. The van der Waals surface area contributed by atoms with Gasteiger partial charge in [-0.05, 0) is 21.3 Å². The van der Waals surface area contributed by atoms with Gasteiger partial charge >= 0.3 is 0 Å². The minimum Gasteiger partial charge on any atom is -0.406 e. The van der Waals surface area contributed by atoms with E-state index in [0.29, 0.717) is 19.3 Å². The number of hydrogen-bond acceptors (Lipinski definition) is 2. The molecule has 0 amide bonds. The van der Waals surface area contributed by atoms with Gasteiger partial charge in [0.1, 0.15) is 0 Å². The average Bonchev–Trinajstić information content (AvgIpc) is 2.59. The molecule has 0 N–H and O–H groups in total. The third-order valence-electron chi connectivity index (χ3n) is 4.12. The minimum atomic E-state index is -2.47. The zero-order valence-corrected chi connectivity index (χ0v) is 15.6. The molecule has 0 fully saturated rings. The molecule has 2 aromatic rings. The van der Waals surface area contributed by atoms with E-state index in [1.165, 1.54) is 10.4 Å². The first-order valence-electron chi connectivity index (χ1n) is 8.19. The normalized spacial score (nSPS) is 11.5. The summed E-state index contributed by atoms with van der Waals surface area (Å²) in [5, 5.41) is 2.48. The maximum absolute atomic E-state index is 10.4. The van der Waals surface area contributed by atoms with Crippen LogP contribution in [0.5, 0.6) is 0 Å². The second kappa shape index (κ2) is 8.10. The van der Waals surface area contributed by atoms with Crippen LogP contribution in [0.4, 0.5) is 0 Å². The highest BCUT2D eigenvalue weighted by Crippen LogP contribution is 2.36. The van der Waals surface area contributed by atoms with Crippen molar-refractivity contribution in [3.63, 3.8) is 0 Å². The second-order valence-corrected chi connectivity index (χ2v) is 11.0. The Kier molecular flexibility index (Phi) is 6.14. The largest absolute Gasteiger partial charge is 0.406 e. The number of hydrogen-bond donors (Lipinski definition) is 0. The molecular formula is C21H24O2Si. The highest BCUT2D eigenvalue weighted by molar-refractivity contribution is 6.99. The van der Waals surface area contributed by atoms with E-state index in [-0.39, 0.29) is 5.04 Å². The van der Waals surface area contributed by atoms with Gasteiger partial charge in [-0.25, -0.2) is 0 Å². The third kappa shape index (κ3) is 3.84. The van der Waals surface area contributed by atoms with Crippen LogP contribution in [0.15, 0.2) is 60.7 Å². The van der Waals surface area contributed by atoms with Crippen molar-refractivity contribution in [3.8, 4) is 11.8 Å². The standard InChI is InChI=1S/C21H24O2Si/c1-21(2,3)24(19-13-7-4-8-14-19,20-15-9-5-10-16-20)23-18-12-6-11-17-22/h4-5,7-10,13-17H,12,18H2,1-3H3. The molecule has 0 aliphatic carbocycles. The van der Waals surface area contributed by atoms with Gasteiger partial charge in [-0.2, -0.15) is 0 Å². The molecular weight excluding hydrogens is 312 g/mol. The molecule has 0 atom stereocenters. The maximum Gasteiger partial charge on any atom is 0.261 e. The zero-order chi connectivity index (χ0) is 17.5. The van der Waals surface area contributed by atoms with Crippen LogP contribution in [-0.2, 0) is 9.22 Å². The lowest BCUT2D eigenvalue weighted by Gasteiger charge is -2.43. The van der Waals surface area contributed by atoms with Crippen LogP contribution in [0.1, 0.15) is 27.2 Å². The summed E-state index contributed by atoms with van der Waals surface area (Å²) in [5.74, 6) is 5.30. The van der Waals surface area contributed by atoms with Crippen molar-refractivity contribution in [1.29, 1.82) is 0 Å². The Bertz CT molecular complexity index is 667. The summed E-state index contributed by atoms with van der Waals surface area (Å²) < 4.78 is 6.63. The fourth-order valence-corrected chi connectivity index (χ4v) is 7.69. The first-order chi connectivity index (χ1) is 11.5. The molecule has 124 valence electrons. The summed E-state index contributed by atoms with van der Waals surface area (Å²) in [6.45, 7) is 7.26. The van der Waals surface area contributed by atoms with E-state index in [1.807, 2.05) is 12.1 Å². The first kappa shape index (κ1) is 18.2. The molecule has 2 nitrogen and oxygen atoms in total. The number of carbonyl (C=O) groups excluding carboxylic acids is 1. The average molecular weight is 337 g/mol. The van der Waals surface area contributed by atoms with Crippen molar-refractivity contribution < 1.29 is 9.22 Å². The smallest absolute Gasteiger partial charge is 0.261 e. The Labute approximate surface area is 146 Å². The van der Waals surface area contributed by atoms with Crippen molar-refractivity contribution in [3.05, 3.63) is 60.7 Å². The lowest BCUT2D eigenvalue weighted by molar-refractivity contribution is -0.103. The molecule has 0 saturated heterocycles. The predicted octanol–water partition coefficient (Wildman–Crippen LogP) is 3.16. The summed E-state index contributed by atoms with van der Waals surface area (Å²) >= 11 is 0. The fourth-order valence-electron chi connectivity index (χ4n) is 3.13. The summed E-state index contributed by atoms with van der Waals surface area (Å²) in [6, 6.07) is 21.0. The van der Waals surface area contributed by atoms with Crippen molar-refractivity contribution in [2.75, 3.05) is 6.61 Å². The van der Waals surface area contributed by atoms with Gasteiger partial charge in [0.15, 0.2) is 6.29 Å². The molecule has 2 aromatic carbocycles.